The topological polar surface area (TPSA) is 54.0 Å². The van der Waals surface area contributed by atoms with Gasteiger partial charge in [0.15, 0.2) is 11.6 Å². The van der Waals surface area contributed by atoms with E-state index in [9.17, 15) is 4.39 Å². The van der Waals surface area contributed by atoms with Crippen molar-refractivity contribution in [3.8, 4) is 0 Å². The molecule has 0 radical (unpaired) electrons. The van der Waals surface area contributed by atoms with Crippen LogP contribution in [0.1, 0.15) is 29.7 Å². The molecule has 0 amide bonds. The molecule has 1 aliphatic rings. The van der Waals surface area contributed by atoms with Crippen molar-refractivity contribution in [1.82, 2.24) is 15.0 Å². The van der Waals surface area contributed by atoms with E-state index < -0.39 is 5.82 Å². The molecule has 0 spiro atoms. The first-order valence-electron chi connectivity index (χ1n) is 7.13. The van der Waals surface area contributed by atoms with Crippen molar-refractivity contribution in [2.75, 3.05) is 18.6 Å². The summed E-state index contributed by atoms with van der Waals surface area (Å²) in [7, 11) is 1.66. The highest BCUT2D eigenvalue weighted by Crippen LogP contribution is 2.36. The molecule has 0 saturated carbocycles. The van der Waals surface area contributed by atoms with E-state index >= 15 is 0 Å². The fourth-order valence-corrected chi connectivity index (χ4v) is 2.96. The fourth-order valence-electron chi connectivity index (χ4n) is 2.81. The standard InChI is InChI=1S/C15H18ClFN4O/c1-8-9(2)20-14(19-8)13-5-11(22-3)7-21(13)15-12(17)4-10(16)6-18-15/h4,6,11,13H,5,7H2,1-3H3,(H,19,20)/t11-,13+/m1/s1. The maximum absolute atomic E-state index is 14.2. The van der Waals surface area contributed by atoms with Gasteiger partial charge in [0.1, 0.15) is 5.82 Å². The van der Waals surface area contributed by atoms with Crippen molar-refractivity contribution >= 4 is 17.4 Å². The Morgan fingerprint density at radius 3 is 2.82 bits per heavy atom. The van der Waals surface area contributed by atoms with Crippen LogP contribution in [0.2, 0.25) is 5.02 Å². The van der Waals surface area contributed by atoms with Gasteiger partial charge in [0.25, 0.3) is 0 Å². The number of ether oxygens (including phenoxy) is 1. The molecule has 1 fully saturated rings. The van der Waals surface area contributed by atoms with Crippen LogP contribution in [0.4, 0.5) is 10.2 Å². The Morgan fingerprint density at radius 2 is 2.23 bits per heavy atom. The zero-order valence-electron chi connectivity index (χ0n) is 12.7. The molecule has 0 bridgehead atoms. The largest absolute Gasteiger partial charge is 0.380 e. The molecule has 7 heteroatoms. The lowest BCUT2D eigenvalue weighted by atomic mass is 10.2. The maximum atomic E-state index is 14.2. The molecule has 0 aliphatic carbocycles. The molecule has 118 valence electrons. The van der Waals surface area contributed by atoms with Crippen molar-refractivity contribution in [2.45, 2.75) is 32.4 Å². The van der Waals surface area contributed by atoms with Crippen molar-refractivity contribution in [2.24, 2.45) is 0 Å². The minimum absolute atomic E-state index is 0.00703. The zero-order valence-corrected chi connectivity index (χ0v) is 13.5. The first-order chi connectivity index (χ1) is 10.5. The normalized spacial score (nSPS) is 21.6. The number of rotatable bonds is 3. The number of nitrogens with zero attached hydrogens (tertiary/aromatic N) is 3. The molecular weight excluding hydrogens is 307 g/mol. The molecule has 3 heterocycles. The van der Waals surface area contributed by atoms with Crippen molar-refractivity contribution in [3.05, 3.63) is 40.3 Å². The molecule has 3 rings (SSSR count). The van der Waals surface area contributed by atoms with Crippen LogP contribution in [-0.2, 0) is 4.74 Å². The van der Waals surface area contributed by atoms with Gasteiger partial charge in [0.2, 0.25) is 0 Å². The van der Waals surface area contributed by atoms with E-state index in [-0.39, 0.29) is 23.0 Å². The quantitative estimate of drug-likeness (QED) is 0.942. The predicted molar refractivity (Wildman–Crippen MR) is 82.8 cm³/mol. The smallest absolute Gasteiger partial charge is 0.167 e. The van der Waals surface area contributed by atoms with Gasteiger partial charge in [-0.1, -0.05) is 11.6 Å². The van der Waals surface area contributed by atoms with Gasteiger partial charge < -0.3 is 14.6 Å². The number of hydrogen-bond donors (Lipinski definition) is 1. The number of aryl methyl sites for hydroxylation is 2. The van der Waals surface area contributed by atoms with Gasteiger partial charge in [0, 0.05) is 32.0 Å². The van der Waals surface area contributed by atoms with Gasteiger partial charge in [-0.15, -0.1) is 0 Å². The molecule has 0 unspecified atom stereocenters. The van der Waals surface area contributed by atoms with Gasteiger partial charge >= 0.3 is 0 Å². The number of anilines is 1. The van der Waals surface area contributed by atoms with Crippen molar-refractivity contribution < 1.29 is 9.13 Å². The lowest BCUT2D eigenvalue weighted by molar-refractivity contribution is 0.118. The summed E-state index contributed by atoms with van der Waals surface area (Å²) in [6.45, 7) is 4.48. The van der Waals surface area contributed by atoms with E-state index in [1.165, 1.54) is 12.3 Å². The van der Waals surface area contributed by atoms with Crippen LogP contribution in [-0.4, -0.2) is 34.7 Å². The lowest BCUT2D eigenvalue weighted by Gasteiger charge is -2.24. The molecule has 1 saturated heterocycles. The van der Waals surface area contributed by atoms with Crippen molar-refractivity contribution in [1.29, 1.82) is 0 Å². The number of pyridine rings is 1. The second kappa shape index (κ2) is 5.85. The Kier molecular flexibility index (Phi) is 4.06. The minimum atomic E-state index is -0.436. The van der Waals surface area contributed by atoms with Crippen LogP contribution in [0.25, 0.3) is 0 Å². The van der Waals surface area contributed by atoms with Gasteiger partial charge in [0.05, 0.1) is 22.9 Å². The van der Waals surface area contributed by atoms with Crippen molar-refractivity contribution in [3.63, 3.8) is 0 Å². The number of imidazole rings is 1. The summed E-state index contributed by atoms with van der Waals surface area (Å²) >= 11 is 5.79. The highest BCUT2D eigenvalue weighted by atomic mass is 35.5. The summed E-state index contributed by atoms with van der Waals surface area (Å²) in [5.41, 5.74) is 1.96. The molecular formula is C15H18ClFN4O. The third-order valence-corrected chi connectivity index (χ3v) is 4.33. The third kappa shape index (κ3) is 2.68. The van der Waals surface area contributed by atoms with Gasteiger partial charge in [-0.25, -0.2) is 14.4 Å². The first-order valence-corrected chi connectivity index (χ1v) is 7.51. The summed E-state index contributed by atoms with van der Waals surface area (Å²) in [4.78, 5) is 13.9. The minimum Gasteiger partial charge on any atom is -0.380 e. The molecule has 5 nitrogen and oxygen atoms in total. The molecule has 2 aromatic rings. The Balaban J connectivity index is 1.99. The van der Waals surface area contributed by atoms with E-state index in [4.69, 9.17) is 16.3 Å². The number of hydrogen-bond acceptors (Lipinski definition) is 4. The third-order valence-electron chi connectivity index (χ3n) is 4.12. The molecule has 1 aliphatic heterocycles. The monoisotopic (exact) mass is 324 g/mol. The summed E-state index contributed by atoms with van der Waals surface area (Å²) in [6, 6.07) is 1.18. The molecule has 1 N–H and O–H groups in total. The zero-order chi connectivity index (χ0) is 15.9. The van der Waals surface area contributed by atoms with E-state index in [2.05, 4.69) is 15.0 Å². The highest BCUT2D eigenvalue weighted by molar-refractivity contribution is 6.30. The Bertz CT molecular complexity index is 671. The molecule has 2 atom stereocenters. The lowest BCUT2D eigenvalue weighted by Crippen LogP contribution is -2.27. The van der Waals surface area contributed by atoms with Crippen LogP contribution in [0.5, 0.6) is 0 Å². The van der Waals surface area contributed by atoms with E-state index in [1.807, 2.05) is 18.7 Å². The van der Waals surface area contributed by atoms with E-state index in [0.29, 0.717) is 6.54 Å². The van der Waals surface area contributed by atoms with Crippen LogP contribution in [0.3, 0.4) is 0 Å². The van der Waals surface area contributed by atoms with Gasteiger partial charge in [-0.3, -0.25) is 0 Å². The number of aromatic amines is 1. The summed E-state index contributed by atoms with van der Waals surface area (Å²) in [5, 5.41) is 0.282. The second-order valence-electron chi connectivity index (χ2n) is 5.55. The summed E-state index contributed by atoms with van der Waals surface area (Å²) in [5.74, 6) is 0.653. The molecule has 22 heavy (non-hydrogen) atoms. The van der Waals surface area contributed by atoms with E-state index in [0.717, 1.165) is 23.6 Å². The van der Waals surface area contributed by atoms with Crippen LogP contribution >= 0.6 is 11.6 Å². The second-order valence-corrected chi connectivity index (χ2v) is 5.99. The fraction of sp³-hybridized carbons (Fsp3) is 0.467. The number of halogens is 2. The Morgan fingerprint density at radius 1 is 1.45 bits per heavy atom. The average Bonchev–Trinajstić information content (AvgIpc) is 3.03. The van der Waals surface area contributed by atoms with Crippen LogP contribution < -0.4 is 4.90 Å². The van der Waals surface area contributed by atoms with Gasteiger partial charge in [-0.2, -0.15) is 0 Å². The van der Waals surface area contributed by atoms with Crippen LogP contribution in [0, 0.1) is 19.7 Å². The summed E-state index contributed by atoms with van der Waals surface area (Å²) < 4.78 is 19.7. The Hall–Kier alpha value is -1.66. The maximum Gasteiger partial charge on any atom is 0.167 e. The number of methoxy groups -OCH3 is 1. The first kappa shape index (κ1) is 15.2. The van der Waals surface area contributed by atoms with Crippen LogP contribution in [0.15, 0.2) is 12.3 Å². The number of aromatic nitrogens is 3. The molecule has 2 aromatic heterocycles. The average molecular weight is 325 g/mol. The number of nitrogens with one attached hydrogen (secondary N) is 1. The predicted octanol–water partition coefficient (Wildman–Crippen LogP) is 3.18. The molecule has 0 aromatic carbocycles. The number of H-pyrrole nitrogens is 1. The highest BCUT2D eigenvalue weighted by Gasteiger charge is 2.37. The SMILES string of the molecule is CO[C@@H]1C[C@@H](c2nc(C)c(C)[nH]2)N(c2ncc(Cl)cc2F)C1. The Labute approximate surface area is 133 Å². The van der Waals surface area contributed by atoms with E-state index in [1.54, 1.807) is 7.11 Å². The summed E-state index contributed by atoms with van der Waals surface area (Å²) in [6.07, 6.45) is 2.19. The van der Waals surface area contributed by atoms with Gasteiger partial charge in [-0.05, 0) is 19.9 Å².